The van der Waals surface area contributed by atoms with E-state index in [1.165, 1.54) is 12.1 Å². The van der Waals surface area contributed by atoms with Crippen LogP contribution in [0.4, 0.5) is 10.2 Å². The van der Waals surface area contributed by atoms with E-state index >= 15 is 0 Å². The van der Waals surface area contributed by atoms with Crippen molar-refractivity contribution in [3.05, 3.63) is 41.8 Å². The number of benzene rings is 1. The highest BCUT2D eigenvalue weighted by Crippen LogP contribution is 2.29. The number of carbonyl (C=O) groups is 1. The van der Waals surface area contributed by atoms with Gasteiger partial charge in [-0.3, -0.25) is 9.69 Å². The summed E-state index contributed by atoms with van der Waals surface area (Å²) in [4.78, 5) is 14.6. The molecule has 1 saturated heterocycles. The Hall–Kier alpha value is -2.41. The fourth-order valence-electron chi connectivity index (χ4n) is 3.42. The molecule has 1 fully saturated rings. The number of anilines is 1. The van der Waals surface area contributed by atoms with E-state index in [-0.39, 0.29) is 17.8 Å². The standard InChI is InChI=1S/C21H29FN4O2/c1-21(2,3)20(27)24-19-7-10-23-26(19)17-8-11-25(12-9-17)14-15-5-6-16(22)13-18(15)28-4/h5-7,10,13,17H,8-9,11-12,14H2,1-4H3,(H,24,27). The molecule has 1 aliphatic rings. The van der Waals surface area contributed by atoms with Crippen LogP contribution in [0.25, 0.3) is 0 Å². The lowest BCUT2D eigenvalue weighted by Gasteiger charge is -2.33. The summed E-state index contributed by atoms with van der Waals surface area (Å²) in [6.45, 7) is 8.21. The lowest BCUT2D eigenvalue weighted by molar-refractivity contribution is -0.123. The molecule has 2 heterocycles. The summed E-state index contributed by atoms with van der Waals surface area (Å²) < 4.78 is 20.6. The van der Waals surface area contributed by atoms with Gasteiger partial charge in [-0.15, -0.1) is 0 Å². The minimum absolute atomic E-state index is 0.0184. The molecule has 0 spiro atoms. The summed E-state index contributed by atoms with van der Waals surface area (Å²) in [5.74, 6) is 1.03. The molecule has 0 saturated carbocycles. The molecule has 3 rings (SSSR count). The van der Waals surface area contributed by atoms with E-state index in [0.29, 0.717) is 5.75 Å². The van der Waals surface area contributed by atoms with Gasteiger partial charge in [0.1, 0.15) is 17.4 Å². The predicted molar refractivity (Wildman–Crippen MR) is 107 cm³/mol. The average molecular weight is 388 g/mol. The van der Waals surface area contributed by atoms with E-state index in [0.717, 1.165) is 43.9 Å². The van der Waals surface area contributed by atoms with Crippen molar-refractivity contribution in [3.8, 4) is 5.75 Å². The van der Waals surface area contributed by atoms with Crippen LogP contribution in [0.3, 0.4) is 0 Å². The van der Waals surface area contributed by atoms with E-state index in [9.17, 15) is 9.18 Å². The van der Waals surface area contributed by atoms with Crippen molar-refractivity contribution in [1.29, 1.82) is 0 Å². The highest BCUT2D eigenvalue weighted by Gasteiger charge is 2.26. The number of halogens is 1. The van der Waals surface area contributed by atoms with Crippen LogP contribution in [0.2, 0.25) is 0 Å². The van der Waals surface area contributed by atoms with Gasteiger partial charge in [-0.2, -0.15) is 5.10 Å². The summed E-state index contributed by atoms with van der Waals surface area (Å²) in [5.41, 5.74) is 0.534. The Morgan fingerprint density at radius 2 is 2.00 bits per heavy atom. The third-order valence-corrected chi connectivity index (χ3v) is 5.14. The lowest BCUT2D eigenvalue weighted by Crippen LogP contribution is -2.35. The molecule has 28 heavy (non-hydrogen) atoms. The van der Waals surface area contributed by atoms with Gasteiger partial charge < -0.3 is 10.1 Å². The molecule has 0 radical (unpaired) electrons. The number of hydrogen-bond acceptors (Lipinski definition) is 4. The first-order valence-electron chi connectivity index (χ1n) is 9.67. The largest absolute Gasteiger partial charge is 0.496 e. The average Bonchev–Trinajstić information content (AvgIpc) is 3.11. The first kappa shape index (κ1) is 20.3. The SMILES string of the molecule is COc1cc(F)ccc1CN1CCC(n2nccc2NC(=O)C(C)(C)C)CC1. The molecule has 2 aromatic rings. The Bertz CT molecular complexity index is 820. The fraction of sp³-hybridized carbons (Fsp3) is 0.524. The second kappa shape index (κ2) is 8.31. The number of rotatable bonds is 5. The Labute approximate surface area is 165 Å². The van der Waals surface area contributed by atoms with Gasteiger partial charge in [-0.05, 0) is 18.9 Å². The topological polar surface area (TPSA) is 59.4 Å². The Morgan fingerprint density at radius 1 is 1.29 bits per heavy atom. The fourth-order valence-corrected chi connectivity index (χ4v) is 3.42. The van der Waals surface area contributed by atoms with Crippen molar-refractivity contribution in [2.45, 2.75) is 46.2 Å². The van der Waals surface area contributed by atoms with Gasteiger partial charge in [0.15, 0.2) is 0 Å². The van der Waals surface area contributed by atoms with Gasteiger partial charge in [0.2, 0.25) is 5.91 Å². The van der Waals surface area contributed by atoms with Crippen molar-refractivity contribution >= 4 is 11.7 Å². The minimum Gasteiger partial charge on any atom is -0.496 e. The predicted octanol–water partition coefficient (Wildman–Crippen LogP) is 3.85. The quantitative estimate of drug-likeness (QED) is 0.845. The van der Waals surface area contributed by atoms with E-state index in [1.807, 2.05) is 31.5 Å². The molecule has 1 aromatic heterocycles. The van der Waals surface area contributed by atoms with E-state index in [1.54, 1.807) is 19.4 Å². The van der Waals surface area contributed by atoms with Gasteiger partial charge in [0.25, 0.3) is 0 Å². The minimum atomic E-state index is -0.452. The molecule has 152 valence electrons. The number of hydrogen-bond donors (Lipinski definition) is 1. The van der Waals surface area contributed by atoms with Crippen LogP contribution in [0.1, 0.15) is 45.2 Å². The van der Waals surface area contributed by atoms with Crippen LogP contribution in [0, 0.1) is 11.2 Å². The van der Waals surface area contributed by atoms with E-state index in [2.05, 4.69) is 15.3 Å². The number of amides is 1. The number of nitrogens with zero attached hydrogens (tertiary/aromatic N) is 3. The van der Waals surface area contributed by atoms with Crippen LogP contribution in [-0.2, 0) is 11.3 Å². The number of ether oxygens (including phenoxy) is 1. The van der Waals surface area contributed by atoms with E-state index in [4.69, 9.17) is 4.74 Å². The number of carbonyl (C=O) groups excluding carboxylic acids is 1. The van der Waals surface area contributed by atoms with Gasteiger partial charge >= 0.3 is 0 Å². The zero-order valence-corrected chi connectivity index (χ0v) is 17.0. The van der Waals surface area contributed by atoms with Crippen molar-refractivity contribution in [1.82, 2.24) is 14.7 Å². The molecule has 1 aromatic carbocycles. The smallest absolute Gasteiger partial charge is 0.230 e. The Kier molecular flexibility index (Phi) is 6.03. The van der Waals surface area contributed by atoms with Crippen molar-refractivity contribution in [3.63, 3.8) is 0 Å². The summed E-state index contributed by atoms with van der Waals surface area (Å²) in [7, 11) is 1.57. The van der Waals surface area contributed by atoms with Gasteiger partial charge in [0, 0.05) is 42.7 Å². The second-order valence-corrected chi connectivity index (χ2v) is 8.33. The Morgan fingerprint density at radius 3 is 2.64 bits per heavy atom. The summed E-state index contributed by atoms with van der Waals surface area (Å²) in [6, 6.07) is 6.78. The number of methoxy groups -OCH3 is 1. The normalized spacial score (nSPS) is 16.2. The maximum Gasteiger partial charge on any atom is 0.230 e. The maximum atomic E-state index is 13.4. The first-order chi connectivity index (χ1) is 13.3. The van der Waals surface area contributed by atoms with Gasteiger partial charge in [0.05, 0.1) is 19.3 Å². The summed E-state index contributed by atoms with van der Waals surface area (Å²) in [6.07, 6.45) is 3.60. The van der Waals surface area contributed by atoms with Crippen LogP contribution in [0.5, 0.6) is 5.75 Å². The Balaban J connectivity index is 1.61. The van der Waals surface area contributed by atoms with Crippen molar-refractivity contribution in [2.75, 3.05) is 25.5 Å². The van der Waals surface area contributed by atoms with Crippen LogP contribution in [-0.4, -0.2) is 40.8 Å². The molecule has 0 aliphatic carbocycles. The maximum absolute atomic E-state index is 13.4. The molecule has 7 heteroatoms. The molecule has 0 unspecified atom stereocenters. The number of nitrogens with one attached hydrogen (secondary N) is 1. The van der Waals surface area contributed by atoms with Gasteiger partial charge in [-0.1, -0.05) is 26.8 Å². The van der Waals surface area contributed by atoms with Crippen LogP contribution >= 0.6 is 0 Å². The summed E-state index contributed by atoms with van der Waals surface area (Å²) >= 11 is 0. The molecule has 0 bridgehead atoms. The van der Waals surface area contributed by atoms with Crippen molar-refractivity contribution < 1.29 is 13.9 Å². The number of likely N-dealkylation sites (tertiary alicyclic amines) is 1. The van der Waals surface area contributed by atoms with Gasteiger partial charge in [-0.25, -0.2) is 9.07 Å². The highest BCUT2D eigenvalue weighted by atomic mass is 19.1. The van der Waals surface area contributed by atoms with Crippen LogP contribution < -0.4 is 10.1 Å². The molecular weight excluding hydrogens is 359 g/mol. The molecular formula is C21H29FN4O2. The summed E-state index contributed by atoms with van der Waals surface area (Å²) in [5, 5.41) is 7.44. The highest BCUT2D eigenvalue weighted by molar-refractivity contribution is 5.93. The molecule has 6 nitrogen and oxygen atoms in total. The van der Waals surface area contributed by atoms with E-state index < -0.39 is 5.41 Å². The molecule has 1 aliphatic heterocycles. The van der Waals surface area contributed by atoms with Crippen molar-refractivity contribution in [2.24, 2.45) is 5.41 Å². The number of aromatic nitrogens is 2. The lowest BCUT2D eigenvalue weighted by atomic mass is 9.96. The van der Waals surface area contributed by atoms with Crippen LogP contribution in [0.15, 0.2) is 30.5 Å². The first-order valence-corrected chi connectivity index (χ1v) is 9.67. The third-order valence-electron chi connectivity index (χ3n) is 5.14. The third kappa shape index (κ3) is 4.70. The monoisotopic (exact) mass is 388 g/mol. The number of piperidine rings is 1. The zero-order chi connectivity index (χ0) is 20.3. The molecule has 0 atom stereocenters. The molecule has 1 amide bonds. The zero-order valence-electron chi connectivity index (χ0n) is 17.0. The molecule has 1 N–H and O–H groups in total. The second-order valence-electron chi connectivity index (χ2n) is 8.33.